The zero-order valence-corrected chi connectivity index (χ0v) is 15.6. The van der Waals surface area contributed by atoms with E-state index >= 15 is 0 Å². The van der Waals surface area contributed by atoms with Crippen molar-refractivity contribution in [2.45, 2.75) is 39.5 Å². The first kappa shape index (κ1) is 21.2. The average molecular weight is 363 g/mol. The molecule has 0 fully saturated rings. The van der Waals surface area contributed by atoms with Gasteiger partial charge in [-0.3, -0.25) is 4.79 Å². The highest BCUT2D eigenvalue weighted by atomic mass is 35.5. The minimum Gasteiger partial charge on any atom is -0.377 e. The van der Waals surface area contributed by atoms with Gasteiger partial charge < -0.3 is 15.8 Å². The van der Waals surface area contributed by atoms with Crippen molar-refractivity contribution in [1.29, 1.82) is 0 Å². The Hall–Kier alpha value is -1.88. The summed E-state index contributed by atoms with van der Waals surface area (Å²) in [6, 6.07) is 15.0. The normalized spacial score (nSPS) is 11.5. The molecule has 25 heavy (non-hydrogen) atoms. The second-order valence-electron chi connectivity index (χ2n) is 5.93. The lowest BCUT2D eigenvalue weighted by molar-refractivity contribution is -0.122. The molecular weight excluding hydrogens is 336 g/mol. The monoisotopic (exact) mass is 362 g/mol. The standard InChI is InChI=1S/C20H26N2O2.ClH/c1-3-12-24-14-18-7-5-4-6-17(18)13-22-20(23)19(21)16-10-8-15(2)9-11-16;/h4-11,19H,3,12-14,21H2,1-2H3,(H,22,23);1H. The van der Waals surface area contributed by atoms with E-state index in [-0.39, 0.29) is 18.3 Å². The number of nitrogens with one attached hydrogen (secondary N) is 1. The van der Waals surface area contributed by atoms with Gasteiger partial charge in [0.25, 0.3) is 0 Å². The number of halogens is 1. The van der Waals surface area contributed by atoms with Gasteiger partial charge in [-0.2, -0.15) is 0 Å². The SMILES string of the molecule is CCCOCc1ccccc1CNC(=O)C(N)c1ccc(C)cc1.Cl. The van der Waals surface area contributed by atoms with Crippen molar-refractivity contribution in [2.24, 2.45) is 5.73 Å². The van der Waals surface area contributed by atoms with Crippen LogP contribution in [0.15, 0.2) is 48.5 Å². The number of aryl methyl sites for hydroxylation is 1. The predicted octanol–water partition coefficient (Wildman–Crippen LogP) is 3.66. The van der Waals surface area contributed by atoms with Crippen molar-refractivity contribution in [3.8, 4) is 0 Å². The highest BCUT2D eigenvalue weighted by molar-refractivity contribution is 5.85. The number of hydrogen-bond acceptors (Lipinski definition) is 3. The number of amides is 1. The van der Waals surface area contributed by atoms with E-state index < -0.39 is 6.04 Å². The zero-order valence-electron chi connectivity index (χ0n) is 14.8. The molecule has 3 N–H and O–H groups in total. The molecule has 136 valence electrons. The van der Waals surface area contributed by atoms with Crippen molar-refractivity contribution >= 4 is 18.3 Å². The minimum atomic E-state index is -0.658. The van der Waals surface area contributed by atoms with Gasteiger partial charge in [-0.25, -0.2) is 0 Å². The van der Waals surface area contributed by atoms with E-state index in [1.54, 1.807) is 0 Å². The number of hydrogen-bond donors (Lipinski definition) is 2. The highest BCUT2D eigenvalue weighted by Crippen LogP contribution is 2.13. The van der Waals surface area contributed by atoms with Crippen LogP contribution in [0.5, 0.6) is 0 Å². The second-order valence-corrected chi connectivity index (χ2v) is 5.93. The van der Waals surface area contributed by atoms with Gasteiger partial charge in [-0.05, 0) is 30.0 Å². The van der Waals surface area contributed by atoms with Gasteiger partial charge in [-0.15, -0.1) is 12.4 Å². The Morgan fingerprint density at radius 1 is 1.12 bits per heavy atom. The molecule has 2 aromatic rings. The van der Waals surface area contributed by atoms with Crippen molar-refractivity contribution < 1.29 is 9.53 Å². The number of nitrogens with two attached hydrogens (primary N) is 1. The fourth-order valence-corrected chi connectivity index (χ4v) is 2.41. The maximum absolute atomic E-state index is 12.3. The highest BCUT2D eigenvalue weighted by Gasteiger charge is 2.15. The Kier molecular flexibility index (Phi) is 9.21. The third-order valence-corrected chi connectivity index (χ3v) is 3.90. The molecule has 0 spiro atoms. The summed E-state index contributed by atoms with van der Waals surface area (Å²) < 4.78 is 5.61. The summed E-state index contributed by atoms with van der Waals surface area (Å²) in [5.74, 6) is -0.178. The fraction of sp³-hybridized carbons (Fsp3) is 0.350. The van der Waals surface area contributed by atoms with Gasteiger partial charge in [0.15, 0.2) is 0 Å². The molecule has 1 amide bonds. The van der Waals surface area contributed by atoms with Crippen LogP contribution >= 0.6 is 12.4 Å². The largest absolute Gasteiger partial charge is 0.377 e. The molecule has 0 radical (unpaired) electrons. The molecule has 0 aliphatic carbocycles. The first-order chi connectivity index (χ1) is 11.6. The summed E-state index contributed by atoms with van der Waals surface area (Å²) in [5.41, 5.74) is 10.2. The van der Waals surface area contributed by atoms with Crippen LogP contribution in [0.25, 0.3) is 0 Å². The summed E-state index contributed by atoms with van der Waals surface area (Å²) >= 11 is 0. The molecule has 0 aliphatic rings. The molecule has 0 bridgehead atoms. The summed E-state index contributed by atoms with van der Waals surface area (Å²) in [4.78, 5) is 12.3. The van der Waals surface area contributed by atoms with Crippen LogP contribution in [0.2, 0.25) is 0 Å². The number of ether oxygens (including phenoxy) is 1. The van der Waals surface area contributed by atoms with Crippen LogP contribution in [0.4, 0.5) is 0 Å². The topological polar surface area (TPSA) is 64.3 Å². The van der Waals surface area contributed by atoms with Crippen LogP contribution in [0.3, 0.4) is 0 Å². The van der Waals surface area contributed by atoms with Crippen molar-refractivity contribution in [3.05, 3.63) is 70.8 Å². The lowest BCUT2D eigenvalue weighted by Gasteiger charge is -2.15. The minimum absolute atomic E-state index is 0. The van der Waals surface area contributed by atoms with E-state index in [0.717, 1.165) is 35.3 Å². The molecule has 0 saturated heterocycles. The predicted molar refractivity (Wildman–Crippen MR) is 104 cm³/mol. The van der Waals surface area contributed by atoms with E-state index in [0.29, 0.717) is 13.2 Å². The average Bonchev–Trinajstić information content (AvgIpc) is 2.61. The molecule has 2 aromatic carbocycles. The van der Waals surface area contributed by atoms with Crippen molar-refractivity contribution in [3.63, 3.8) is 0 Å². The molecule has 5 heteroatoms. The van der Waals surface area contributed by atoms with Crippen LogP contribution < -0.4 is 11.1 Å². The third-order valence-electron chi connectivity index (χ3n) is 3.90. The first-order valence-corrected chi connectivity index (χ1v) is 8.36. The van der Waals surface area contributed by atoms with E-state index in [1.165, 1.54) is 0 Å². The maximum atomic E-state index is 12.3. The summed E-state index contributed by atoms with van der Waals surface area (Å²) in [7, 11) is 0. The zero-order chi connectivity index (χ0) is 17.4. The Morgan fingerprint density at radius 3 is 2.40 bits per heavy atom. The summed E-state index contributed by atoms with van der Waals surface area (Å²) in [5, 5.41) is 2.92. The molecule has 2 rings (SSSR count). The Morgan fingerprint density at radius 2 is 1.76 bits per heavy atom. The molecule has 1 unspecified atom stereocenters. The number of carbonyl (C=O) groups is 1. The Labute approximate surface area is 156 Å². The maximum Gasteiger partial charge on any atom is 0.241 e. The van der Waals surface area contributed by atoms with Gasteiger partial charge in [0, 0.05) is 13.2 Å². The van der Waals surface area contributed by atoms with Gasteiger partial charge in [0.05, 0.1) is 6.61 Å². The Balaban J connectivity index is 0.00000312. The van der Waals surface area contributed by atoms with Crippen LogP contribution in [-0.2, 0) is 22.7 Å². The van der Waals surface area contributed by atoms with Gasteiger partial charge in [0.2, 0.25) is 5.91 Å². The Bertz CT molecular complexity index is 659. The van der Waals surface area contributed by atoms with Gasteiger partial charge in [0.1, 0.15) is 6.04 Å². The second kappa shape index (κ2) is 10.9. The third kappa shape index (κ3) is 6.50. The number of carbonyl (C=O) groups excluding carboxylic acids is 1. The van der Waals surface area contributed by atoms with E-state index in [2.05, 4.69) is 12.2 Å². The van der Waals surface area contributed by atoms with Gasteiger partial charge >= 0.3 is 0 Å². The number of benzene rings is 2. The number of rotatable bonds is 8. The smallest absolute Gasteiger partial charge is 0.241 e. The molecule has 1 atom stereocenters. The quantitative estimate of drug-likeness (QED) is 0.704. The van der Waals surface area contributed by atoms with Crippen LogP contribution in [0.1, 0.15) is 41.6 Å². The van der Waals surface area contributed by atoms with E-state index in [9.17, 15) is 4.79 Å². The lowest BCUT2D eigenvalue weighted by Crippen LogP contribution is -2.33. The molecule has 0 heterocycles. The van der Waals surface area contributed by atoms with Crippen LogP contribution in [-0.4, -0.2) is 12.5 Å². The molecule has 4 nitrogen and oxygen atoms in total. The molecule has 0 aliphatic heterocycles. The molecule has 0 saturated carbocycles. The lowest BCUT2D eigenvalue weighted by atomic mass is 10.0. The fourth-order valence-electron chi connectivity index (χ4n) is 2.41. The summed E-state index contributed by atoms with van der Waals surface area (Å²) in [6.45, 7) is 5.83. The molecule has 0 aromatic heterocycles. The van der Waals surface area contributed by atoms with Gasteiger partial charge in [-0.1, -0.05) is 61.0 Å². The van der Waals surface area contributed by atoms with E-state index in [4.69, 9.17) is 10.5 Å². The van der Waals surface area contributed by atoms with Crippen molar-refractivity contribution in [1.82, 2.24) is 5.32 Å². The van der Waals surface area contributed by atoms with Crippen LogP contribution in [0, 0.1) is 6.92 Å². The molecular formula is C20H27ClN2O2. The summed E-state index contributed by atoms with van der Waals surface area (Å²) in [6.07, 6.45) is 0.990. The van der Waals surface area contributed by atoms with Crippen molar-refractivity contribution in [2.75, 3.05) is 6.61 Å². The first-order valence-electron chi connectivity index (χ1n) is 8.36. The van der Waals surface area contributed by atoms with E-state index in [1.807, 2.05) is 55.5 Å².